The van der Waals surface area contributed by atoms with E-state index in [4.69, 9.17) is 10.00 Å². The van der Waals surface area contributed by atoms with E-state index >= 15 is 0 Å². The van der Waals surface area contributed by atoms with Crippen molar-refractivity contribution in [3.63, 3.8) is 0 Å². The van der Waals surface area contributed by atoms with Gasteiger partial charge in [-0.3, -0.25) is 4.79 Å². The van der Waals surface area contributed by atoms with Crippen molar-refractivity contribution >= 4 is 5.91 Å². The van der Waals surface area contributed by atoms with Gasteiger partial charge in [0.1, 0.15) is 18.1 Å². The summed E-state index contributed by atoms with van der Waals surface area (Å²) in [6.07, 6.45) is 3.14. The monoisotopic (exact) mass is 395 g/mol. The smallest absolute Gasteiger partial charge is 0.252 e. The molecule has 0 spiro atoms. The molecule has 2 unspecified atom stereocenters. The van der Waals surface area contributed by atoms with Crippen molar-refractivity contribution in [2.45, 2.75) is 44.2 Å². The Hall–Kier alpha value is -2.91. The SMILES string of the molecule is COc1cc(F)ccc1C(C)NC1CC[C@H](c2ccc(C(=O)NCC#N)cc2)C1. The number of carbonyl (C=O) groups excluding carboxylic acids is 1. The lowest BCUT2D eigenvalue weighted by atomic mass is 9.96. The lowest BCUT2D eigenvalue weighted by Crippen LogP contribution is -2.29. The summed E-state index contributed by atoms with van der Waals surface area (Å²) in [5.74, 6) is 0.463. The average molecular weight is 395 g/mol. The van der Waals surface area contributed by atoms with Gasteiger partial charge in [0.2, 0.25) is 0 Å². The van der Waals surface area contributed by atoms with E-state index in [1.54, 1.807) is 13.2 Å². The first-order valence-electron chi connectivity index (χ1n) is 9.86. The number of amides is 1. The molecule has 1 aliphatic rings. The largest absolute Gasteiger partial charge is 0.496 e. The number of ether oxygens (including phenoxy) is 1. The van der Waals surface area contributed by atoms with E-state index in [9.17, 15) is 9.18 Å². The molecule has 2 aromatic carbocycles. The highest BCUT2D eigenvalue weighted by Crippen LogP contribution is 2.36. The molecule has 0 radical (unpaired) electrons. The predicted octanol–water partition coefficient (Wildman–Crippen LogP) is 4.07. The zero-order valence-electron chi connectivity index (χ0n) is 16.7. The van der Waals surface area contributed by atoms with Gasteiger partial charge >= 0.3 is 0 Å². The van der Waals surface area contributed by atoms with Gasteiger partial charge in [-0.1, -0.05) is 18.2 Å². The maximum Gasteiger partial charge on any atom is 0.252 e. The van der Waals surface area contributed by atoms with Gasteiger partial charge in [0.15, 0.2) is 0 Å². The van der Waals surface area contributed by atoms with Gasteiger partial charge in [-0.05, 0) is 55.9 Å². The van der Waals surface area contributed by atoms with Crippen molar-refractivity contribution in [3.8, 4) is 11.8 Å². The molecule has 3 atom stereocenters. The van der Waals surface area contributed by atoms with E-state index in [0.29, 0.717) is 23.3 Å². The van der Waals surface area contributed by atoms with E-state index < -0.39 is 0 Å². The Morgan fingerprint density at radius 2 is 2.03 bits per heavy atom. The van der Waals surface area contributed by atoms with Gasteiger partial charge in [0.25, 0.3) is 5.91 Å². The number of methoxy groups -OCH3 is 1. The molecule has 152 valence electrons. The minimum absolute atomic E-state index is 0.00752. The lowest BCUT2D eigenvalue weighted by Gasteiger charge is -2.22. The van der Waals surface area contributed by atoms with Crippen molar-refractivity contribution in [3.05, 3.63) is 65.0 Å². The maximum absolute atomic E-state index is 13.4. The number of rotatable bonds is 7. The van der Waals surface area contributed by atoms with Crippen LogP contribution >= 0.6 is 0 Å². The topological polar surface area (TPSA) is 74.2 Å². The van der Waals surface area contributed by atoms with Crippen molar-refractivity contribution in [2.24, 2.45) is 0 Å². The summed E-state index contributed by atoms with van der Waals surface area (Å²) >= 11 is 0. The molecule has 29 heavy (non-hydrogen) atoms. The van der Waals surface area contributed by atoms with Gasteiger partial charge in [-0.2, -0.15) is 5.26 Å². The number of hydrogen-bond acceptors (Lipinski definition) is 4. The van der Waals surface area contributed by atoms with Crippen molar-refractivity contribution in [2.75, 3.05) is 13.7 Å². The van der Waals surface area contributed by atoms with Crippen LogP contribution in [0.1, 0.15) is 59.6 Å². The average Bonchev–Trinajstić information content (AvgIpc) is 3.20. The lowest BCUT2D eigenvalue weighted by molar-refractivity contribution is 0.0958. The zero-order chi connectivity index (χ0) is 20.8. The second-order valence-corrected chi connectivity index (χ2v) is 7.44. The summed E-state index contributed by atoms with van der Waals surface area (Å²) in [7, 11) is 1.56. The van der Waals surface area contributed by atoms with Gasteiger partial charge in [-0.25, -0.2) is 4.39 Å². The number of nitrogens with one attached hydrogen (secondary N) is 2. The summed E-state index contributed by atoms with van der Waals surface area (Å²) in [6, 6.07) is 14.6. The fraction of sp³-hybridized carbons (Fsp3) is 0.391. The maximum atomic E-state index is 13.4. The first-order chi connectivity index (χ1) is 14.0. The van der Waals surface area contributed by atoms with Crippen molar-refractivity contribution < 1.29 is 13.9 Å². The van der Waals surface area contributed by atoms with Gasteiger partial charge in [-0.15, -0.1) is 0 Å². The molecule has 0 saturated heterocycles. The molecule has 0 bridgehead atoms. The van der Waals surface area contributed by atoms with Crippen LogP contribution in [0.4, 0.5) is 4.39 Å². The number of nitrogens with zero attached hydrogens (tertiary/aromatic N) is 1. The van der Waals surface area contributed by atoms with E-state index in [2.05, 4.69) is 17.6 Å². The molecule has 1 amide bonds. The molecule has 5 nitrogen and oxygen atoms in total. The highest BCUT2D eigenvalue weighted by Gasteiger charge is 2.27. The Labute approximate surface area is 170 Å². The third-order valence-electron chi connectivity index (χ3n) is 5.55. The Kier molecular flexibility index (Phi) is 6.84. The Morgan fingerprint density at radius 3 is 2.72 bits per heavy atom. The van der Waals surface area contributed by atoms with Crippen LogP contribution < -0.4 is 15.4 Å². The molecule has 2 aromatic rings. The molecular formula is C23H26FN3O2. The van der Waals surface area contributed by atoms with E-state index in [0.717, 1.165) is 24.8 Å². The van der Waals surface area contributed by atoms with Crippen LogP contribution in [0.3, 0.4) is 0 Å². The first kappa shape index (κ1) is 20.8. The molecular weight excluding hydrogens is 369 g/mol. The molecule has 0 aromatic heterocycles. The Bertz CT molecular complexity index is 892. The van der Waals surface area contributed by atoms with Gasteiger partial charge in [0, 0.05) is 29.3 Å². The highest BCUT2D eigenvalue weighted by atomic mass is 19.1. The minimum Gasteiger partial charge on any atom is -0.496 e. The molecule has 2 N–H and O–H groups in total. The third kappa shape index (κ3) is 5.12. The number of benzene rings is 2. The quantitative estimate of drug-likeness (QED) is 0.693. The summed E-state index contributed by atoms with van der Waals surface area (Å²) in [6.45, 7) is 2.07. The van der Waals surface area contributed by atoms with Crippen LogP contribution in [0, 0.1) is 17.1 Å². The molecule has 1 saturated carbocycles. The molecule has 6 heteroatoms. The first-order valence-corrected chi connectivity index (χ1v) is 9.86. The summed E-state index contributed by atoms with van der Waals surface area (Å²) < 4.78 is 18.8. The second kappa shape index (κ2) is 9.53. The Morgan fingerprint density at radius 1 is 1.28 bits per heavy atom. The fourth-order valence-corrected chi connectivity index (χ4v) is 4.05. The molecule has 3 rings (SSSR count). The van der Waals surface area contributed by atoms with Crippen molar-refractivity contribution in [1.29, 1.82) is 5.26 Å². The van der Waals surface area contributed by atoms with E-state index in [1.807, 2.05) is 30.3 Å². The molecule has 0 aliphatic heterocycles. The number of nitriles is 1. The molecule has 0 heterocycles. The third-order valence-corrected chi connectivity index (χ3v) is 5.55. The summed E-state index contributed by atoms with van der Waals surface area (Å²) in [5.41, 5.74) is 2.73. The van der Waals surface area contributed by atoms with E-state index in [-0.39, 0.29) is 24.3 Å². The molecule has 1 fully saturated rings. The minimum atomic E-state index is -0.302. The molecule has 1 aliphatic carbocycles. The van der Waals surface area contributed by atoms with Gasteiger partial charge < -0.3 is 15.4 Å². The normalized spacial score (nSPS) is 19.4. The highest BCUT2D eigenvalue weighted by molar-refractivity contribution is 5.94. The van der Waals surface area contributed by atoms with Crippen LogP contribution in [0.15, 0.2) is 42.5 Å². The number of carbonyl (C=O) groups is 1. The van der Waals surface area contributed by atoms with Crippen LogP contribution in [0.5, 0.6) is 5.75 Å². The van der Waals surface area contributed by atoms with Crippen LogP contribution in [-0.4, -0.2) is 25.6 Å². The fourth-order valence-electron chi connectivity index (χ4n) is 4.05. The summed E-state index contributed by atoms with van der Waals surface area (Å²) in [4.78, 5) is 11.9. The second-order valence-electron chi connectivity index (χ2n) is 7.44. The van der Waals surface area contributed by atoms with Crippen molar-refractivity contribution in [1.82, 2.24) is 10.6 Å². The van der Waals surface area contributed by atoms with Gasteiger partial charge in [0.05, 0.1) is 13.2 Å². The Balaban J connectivity index is 1.59. The van der Waals surface area contributed by atoms with E-state index in [1.165, 1.54) is 17.7 Å². The number of halogens is 1. The summed E-state index contributed by atoms with van der Waals surface area (Å²) in [5, 5.41) is 14.8. The zero-order valence-corrected chi connectivity index (χ0v) is 16.7. The van der Waals surface area contributed by atoms with Crippen LogP contribution in [0.25, 0.3) is 0 Å². The standard InChI is InChI=1S/C23H26FN3O2/c1-15(21-10-8-19(24)14-22(21)29-2)27-20-9-7-18(13-20)16-3-5-17(6-4-16)23(28)26-12-11-25/h3-6,8,10,14-15,18,20,27H,7,9,12-13H2,1-2H3,(H,26,28)/t15?,18-,20?/m0/s1. The van der Waals surface area contributed by atoms with Crippen LogP contribution in [-0.2, 0) is 0 Å². The number of hydrogen-bond donors (Lipinski definition) is 2. The predicted molar refractivity (Wildman–Crippen MR) is 109 cm³/mol. The van der Waals surface area contributed by atoms with Crippen LogP contribution in [0.2, 0.25) is 0 Å².